The summed E-state index contributed by atoms with van der Waals surface area (Å²) in [6, 6.07) is 5.20. The number of ether oxygens (including phenoxy) is 3. The molecule has 0 radical (unpaired) electrons. The number of carbonyl (C=O) groups is 1. The van der Waals surface area contributed by atoms with Crippen LogP contribution < -0.4 is 9.47 Å². The zero-order chi connectivity index (χ0) is 9.26. The number of hydrogen-bond donors (Lipinski definition) is 0. The van der Waals surface area contributed by atoms with Crippen LogP contribution in [0.2, 0.25) is 0 Å². The second-order valence-corrected chi connectivity index (χ2v) is 2.61. The number of hydrogen-bond acceptors (Lipinski definition) is 4. The smallest absolute Gasteiger partial charge is 0.497 e. The van der Waals surface area contributed by atoms with Gasteiger partial charge < -0.3 is 14.2 Å². The van der Waals surface area contributed by atoms with Gasteiger partial charge in [0, 0.05) is 5.56 Å². The van der Waals surface area contributed by atoms with Gasteiger partial charge in [0.1, 0.15) is 18.1 Å². The van der Waals surface area contributed by atoms with Crippen molar-refractivity contribution in [1.82, 2.24) is 0 Å². The lowest BCUT2D eigenvalue weighted by atomic mass is 10.2. The molecule has 4 heteroatoms. The fourth-order valence-electron chi connectivity index (χ4n) is 1.15. The molecule has 0 N–H and O–H groups in total. The molecule has 0 spiro atoms. The van der Waals surface area contributed by atoms with Gasteiger partial charge in [-0.3, -0.25) is 0 Å². The summed E-state index contributed by atoms with van der Waals surface area (Å²) < 4.78 is 14.5. The lowest BCUT2D eigenvalue weighted by Crippen LogP contribution is -2.17. The third-order valence-corrected chi connectivity index (χ3v) is 1.81. The normalized spacial score (nSPS) is 14.1. The minimum Gasteiger partial charge on any atom is -0.497 e. The first kappa shape index (κ1) is 7.91. The van der Waals surface area contributed by atoms with Crippen molar-refractivity contribution >= 4 is 6.16 Å². The van der Waals surface area contributed by atoms with Gasteiger partial charge in [0.15, 0.2) is 0 Å². The molecule has 0 fully saturated rings. The number of methoxy groups -OCH3 is 1. The van der Waals surface area contributed by atoms with E-state index in [1.165, 1.54) is 0 Å². The Kier molecular flexibility index (Phi) is 1.81. The van der Waals surface area contributed by atoms with Crippen molar-refractivity contribution in [2.45, 2.75) is 6.61 Å². The quantitative estimate of drug-likeness (QED) is 0.487. The zero-order valence-electron chi connectivity index (χ0n) is 7.07. The SMILES string of the molecule is COc1ccc2c(c1)COC(=O)O2. The monoisotopic (exact) mass is 180 g/mol. The average molecular weight is 180 g/mol. The molecular formula is C9H8O4. The van der Waals surface area contributed by atoms with Gasteiger partial charge in [0.2, 0.25) is 0 Å². The molecule has 1 aromatic carbocycles. The highest BCUT2D eigenvalue weighted by Gasteiger charge is 2.18. The third-order valence-electron chi connectivity index (χ3n) is 1.81. The number of cyclic esters (lactones) is 1. The molecule has 1 aromatic rings. The Hall–Kier alpha value is -1.71. The summed E-state index contributed by atoms with van der Waals surface area (Å²) in [4.78, 5) is 10.7. The second-order valence-electron chi connectivity index (χ2n) is 2.61. The third kappa shape index (κ3) is 1.42. The molecule has 1 aliphatic rings. The number of fused-ring (bicyclic) bond motifs is 1. The molecule has 2 rings (SSSR count). The topological polar surface area (TPSA) is 44.8 Å². The van der Waals surface area contributed by atoms with E-state index in [4.69, 9.17) is 9.47 Å². The highest BCUT2D eigenvalue weighted by molar-refractivity contribution is 5.66. The van der Waals surface area contributed by atoms with Crippen LogP contribution in [-0.2, 0) is 11.3 Å². The van der Waals surface area contributed by atoms with E-state index in [1.807, 2.05) is 0 Å². The maximum atomic E-state index is 10.7. The summed E-state index contributed by atoms with van der Waals surface area (Å²) in [7, 11) is 1.58. The van der Waals surface area contributed by atoms with E-state index >= 15 is 0 Å². The van der Waals surface area contributed by atoms with Crippen LogP contribution in [0.4, 0.5) is 4.79 Å². The van der Waals surface area contributed by atoms with Crippen molar-refractivity contribution in [3.63, 3.8) is 0 Å². The van der Waals surface area contributed by atoms with Crippen molar-refractivity contribution in [3.8, 4) is 11.5 Å². The van der Waals surface area contributed by atoms with Crippen LogP contribution in [0, 0.1) is 0 Å². The van der Waals surface area contributed by atoms with Gasteiger partial charge >= 0.3 is 6.16 Å². The van der Waals surface area contributed by atoms with E-state index in [0.29, 0.717) is 5.75 Å². The van der Waals surface area contributed by atoms with Gasteiger partial charge in [-0.15, -0.1) is 0 Å². The van der Waals surface area contributed by atoms with E-state index in [0.717, 1.165) is 11.3 Å². The van der Waals surface area contributed by atoms with Crippen LogP contribution in [0.25, 0.3) is 0 Å². The summed E-state index contributed by atoms with van der Waals surface area (Å²) in [5.41, 5.74) is 0.818. The standard InChI is InChI=1S/C9H8O4/c1-11-7-2-3-8-6(4-7)5-12-9(10)13-8/h2-4H,5H2,1H3. The van der Waals surface area contributed by atoms with Crippen LogP contribution in [0.1, 0.15) is 5.56 Å². The lowest BCUT2D eigenvalue weighted by molar-refractivity contribution is 0.0784. The number of benzene rings is 1. The van der Waals surface area contributed by atoms with Gasteiger partial charge in [0.05, 0.1) is 7.11 Å². The Morgan fingerprint density at radius 2 is 2.31 bits per heavy atom. The molecule has 0 bridgehead atoms. The van der Waals surface area contributed by atoms with Crippen molar-refractivity contribution in [3.05, 3.63) is 23.8 Å². The van der Waals surface area contributed by atoms with E-state index in [2.05, 4.69) is 4.74 Å². The number of carbonyl (C=O) groups excluding carboxylic acids is 1. The molecule has 0 amide bonds. The molecule has 0 saturated heterocycles. The predicted octanol–water partition coefficient (Wildman–Crippen LogP) is 1.72. The Balaban J connectivity index is 2.36. The van der Waals surface area contributed by atoms with Gasteiger partial charge in [-0.1, -0.05) is 0 Å². The van der Waals surface area contributed by atoms with E-state index < -0.39 is 6.16 Å². The highest BCUT2D eigenvalue weighted by atomic mass is 16.7. The van der Waals surface area contributed by atoms with E-state index in [9.17, 15) is 4.79 Å². The van der Waals surface area contributed by atoms with Gasteiger partial charge in [0.25, 0.3) is 0 Å². The summed E-state index contributed by atoms with van der Waals surface area (Å²) >= 11 is 0. The first-order valence-electron chi connectivity index (χ1n) is 3.81. The molecule has 0 saturated carbocycles. The average Bonchev–Trinajstić information content (AvgIpc) is 2.17. The van der Waals surface area contributed by atoms with Crippen molar-refractivity contribution in [1.29, 1.82) is 0 Å². The minimum atomic E-state index is -0.655. The Morgan fingerprint density at radius 1 is 1.46 bits per heavy atom. The summed E-state index contributed by atoms with van der Waals surface area (Å²) in [5, 5.41) is 0. The highest BCUT2D eigenvalue weighted by Crippen LogP contribution is 2.27. The van der Waals surface area contributed by atoms with E-state index in [1.54, 1.807) is 25.3 Å². The largest absolute Gasteiger partial charge is 0.514 e. The van der Waals surface area contributed by atoms with Crippen molar-refractivity contribution in [2.75, 3.05) is 7.11 Å². The molecular weight excluding hydrogens is 172 g/mol. The fourth-order valence-corrected chi connectivity index (χ4v) is 1.15. The molecule has 0 aromatic heterocycles. The maximum Gasteiger partial charge on any atom is 0.514 e. The second kappa shape index (κ2) is 2.97. The molecule has 0 unspecified atom stereocenters. The van der Waals surface area contributed by atoms with Crippen molar-refractivity contribution in [2.24, 2.45) is 0 Å². The summed E-state index contributed by atoms with van der Waals surface area (Å²) in [6.07, 6.45) is -0.655. The van der Waals surface area contributed by atoms with Gasteiger partial charge in [-0.25, -0.2) is 4.79 Å². The lowest BCUT2D eigenvalue weighted by Gasteiger charge is -2.16. The Morgan fingerprint density at radius 3 is 3.08 bits per heavy atom. The maximum absolute atomic E-state index is 10.7. The summed E-state index contributed by atoms with van der Waals surface area (Å²) in [5.74, 6) is 1.26. The molecule has 0 atom stereocenters. The van der Waals surface area contributed by atoms with Gasteiger partial charge in [-0.2, -0.15) is 0 Å². The van der Waals surface area contributed by atoms with Crippen LogP contribution in [0.3, 0.4) is 0 Å². The zero-order valence-corrected chi connectivity index (χ0v) is 7.07. The molecule has 0 aliphatic carbocycles. The van der Waals surface area contributed by atoms with Crippen LogP contribution in [0.15, 0.2) is 18.2 Å². The molecule has 1 heterocycles. The molecule has 4 nitrogen and oxygen atoms in total. The molecule has 68 valence electrons. The van der Waals surface area contributed by atoms with Crippen LogP contribution in [-0.4, -0.2) is 13.3 Å². The Labute approximate surface area is 75.0 Å². The Bertz CT molecular complexity index is 345. The first-order chi connectivity index (χ1) is 6.29. The fraction of sp³-hybridized carbons (Fsp3) is 0.222. The number of rotatable bonds is 1. The van der Waals surface area contributed by atoms with Crippen LogP contribution in [0.5, 0.6) is 11.5 Å². The predicted molar refractivity (Wildman–Crippen MR) is 43.8 cm³/mol. The van der Waals surface area contributed by atoms with Crippen molar-refractivity contribution < 1.29 is 19.0 Å². The van der Waals surface area contributed by atoms with E-state index in [-0.39, 0.29) is 6.61 Å². The molecule has 13 heavy (non-hydrogen) atoms. The first-order valence-corrected chi connectivity index (χ1v) is 3.81. The minimum absolute atomic E-state index is 0.241. The van der Waals surface area contributed by atoms with Crippen LogP contribution >= 0.6 is 0 Å². The summed E-state index contributed by atoms with van der Waals surface area (Å²) in [6.45, 7) is 0.241. The van der Waals surface area contributed by atoms with Gasteiger partial charge in [-0.05, 0) is 18.2 Å². The molecule has 1 aliphatic heterocycles.